The third-order valence-electron chi connectivity index (χ3n) is 7.91. The van der Waals surface area contributed by atoms with E-state index < -0.39 is 109 Å². The van der Waals surface area contributed by atoms with Gasteiger partial charge in [-0.1, -0.05) is 41.5 Å². The van der Waals surface area contributed by atoms with Crippen molar-refractivity contribution in [1.82, 2.24) is 0 Å². The largest absolute Gasteiger partial charge is 0.462 e. The Morgan fingerprint density at radius 2 is 1.47 bits per heavy atom. The quantitative estimate of drug-likeness (QED) is 0.175. The zero-order valence-corrected chi connectivity index (χ0v) is 30.1. The van der Waals surface area contributed by atoms with Gasteiger partial charge in [-0.15, -0.1) is 0 Å². The minimum atomic E-state index is -2.42. The Hall–Kier alpha value is -3.72. The Balaban J connectivity index is 2.46. The second-order valence-electron chi connectivity index (χ2n) is 14.5. The van der Waals surface area contributed by atoms with Gasteiger partial charge < -0.3 is 43.4 Å². The van der Waals surface area contributed by atoms with Gasteiger partial charge in [0, 0.05) is 44.6 Å². The second kappa shape index (κ2) is 16.8. The van der Waals surface area contributed by atoms with E-state index in [0.29, 0.717) is 0 Å². The predicted octanol–water partition coefficient (Wildman–Crippen LogP) is 2.66. The van der Waals surface area contributed by atoms with Crippen molar-refractivity contribution in [2.75, 3.05) is 13.2 Å². The minimum absolute atomic E-state index is 0.0134. The van der Waals surface area contributed by atoms with Crippen LogP contribution in [-0.4, -0.2) is 94.5 Å². The molecule has 0 aromatic heterocycles. The molecule has 278 valence electrons. The maximum absolute atomic E-state index is 13.1. The standard InChI is InChI=1S/C34H52O15/c1-18(2)11-25(37)47-28(20(5)6)30(40)43-15-23-16-44-31(48-26(38)12-19(3)4)29-33(23,41)13-24(46-21(7)35)34(29,42)17-45-27(39)14-32(9,10)49-22(8)36/h16,18-20,24,28-29,31,41-42H,11-15,17H2,1-10H3/t24-,28+,29-,31-,33-,34+/m0/s1. The van der Waals surface area contributed by atoms with Crippen LogP contribution in [0, 0.1) is 23.7 Å². The fraction of sp³-hybridized carbons (Fsp3) is 0.765. The summed E-state index contributed by atoms with van der Waals surface area (Å²) in [6, 6.07) is 0. The monoisotopic (exact) mass is 700 g/mol. The first-order chi connectivity index (χ1) is 22.5. The smallest absolute Gasteiger partial charge is 0.348 e. The van der Waals surface area contributed by atoms with Crippen LogP contribution in [0.4, 0.5) is 0 Å². The number of hydrogen-bond acceptors (Lipinski definition) is 15. The fourth-order valence-electron chi connectivity index (χ4n) is 5.84. The SMILES string of the molecule is CC(=O)O[C@H]1C[C@]2(O)C(COC(=O)[C@H](OC(=O)CC(C)C)C(C)C)=CO[C@@H](OC(=O)CC(C)C)[C@@H]2[C@@]1(O)COC(=O)CC(C)(C)OC(C)=O. The number of hydrogen-bond donors (Lipinski definition) is 2. The molecule has 1 saturated carbocycles. The first kappa shape index (κ1) is 41.5. The molecule has 0 bridgehead atoms. The van der Waals surface area contributed by atoms with Crippen LogP contribution in [0.25, 0.3) is 0 Å². The van der Waals surface area contributed by atoms with E-state index in [0.717, 1.165) is 13.2 Å². The van der Waals surface area contributed by atoms with Gasteiger partial charge in [-0.05, 0) is 25.7 Å². The Morgan fingerprint density at radius 1 is 0.878 bits per heavy atom. The Labute approximate surface area is 286 Å². The van der Waals surface area contributed by atoms with Crippen molar-refractivity contribution in [3.63, 3.8) is 0 Å². The number of carbonyl (C=O) groups is 6. The second-order valence-corrected chi connectivity index (χ2v) is 14.5. The average molecular weight is 701 g/mol. The number of aliphatic hydroxyl groups is 2. The van der Waals surface area contributed by atoms with Crippen LogP contribution in [0.2, 0.25) is 0 Å². The van der Waals surface area contributed by atoms with E-state index >= 15 is 0 Å². The first-order valence-electron chi connectivity index (χ1n) is 16.4. The highest BCUT2D eigenvalue weighted by molar-refractivity contribution is 5.80. The maximum Gasteiger partial charge on any atom is 0.348 e. The van der Waals surface area contributed by atoms with Crippen LogP contribution < -0.4 is 0 Å². The van der Waals surface area contributed by atoms with Crippen molar-refractivity contribution in [2.24, 2.45) is 23.7 Å². The van der Waals surface area contributed by atoms with Crippen LogP contribution in [-0.2, 0) is 61.9 Å². The Morgan fingerprint density at radius 3 is 2.00 bits per heavy atom. The molecule has 0 aromatic carbocycles. The molecular weight excluding hydrogens is 648 g/mol. The summed E-state index contributed by atoms with van der Waals surface area (Å²) in [5.74, 6) is -6.86. The molecule has 0 amide bonds. The zero-order chi connectivity index (χ0) is 37.5. The molecule has 2 rings (SSSR count). The van der Waals surface area contributed by atoms with E-state index in [1.54, 1.807) is 27.7 Å². The molecule has 1 aliphatic heterocycles. The van der Waals surface area contributed by atoms with Crippen LogP contribution in [0.3, 0.4) is 0 Å². The molecule has 0 saturated heterocycles. The molecule has 1 fully saturated rings. The van der Waals surface area contributed by atoms with Gasteiger partial charge in [0.2, 0.25) is 6.10 Å². The van der Waals surface area contributed by atoms with Crippen LogP contribution >= 0.6 is 0 Å². The molecule has 15 heteroatoms. The summed E-state index contributed by atoms with van der Waals surface area (Å²) in [5.41, 5.74) is -5.99. The maximum atomic E-state index is 13.1. The van der Waals surface area contributed by atoms with Crippen LogP contribution in [0.5, 0.6) is 0 Å². The third-order valence-corrected chi connectivity index (χ3v) is 7.91. The normalized spacial score (nSPS) is 25.4. The van der Waals surface area contributed by atoms with Gasteiger partial charge in [-0.3, -0.25) is 24.0 Å². The van der Waals surface area contributed by atoms with E-state index in [1.165, 1.54) is 20.8 Å². The van der Waals surface area contributed by atoms with Crippen molar-refractivity contribution in [2.45, 2.75) is 130 Å². The molecule has 15 nitrogen and oxygen atoms in total. The summed E-state index contributed by atoms with van der Waals surface area (Å²) < 4.78 is 38.0. The van der Waals surface area contributed by atoms with Crippen molar-refractivity contribution in [1.29, 1.82) is 0 Å². The number of ether oxygens (including phenoxy) is 7. The molecule has 0 spiro atoms. The number of fused-ring (bicyclic) bond motifs is 1. The van der Waals surface area contributed by atoms with Crippen molar-refractivity contribution >= 4 is 35.8 Å². The van der Waals surface area contributed by atoms with E-state index in [-0.39, 0.29) is 30.3 Å². The lowest BCUT2D eigenvalue weighted by atomic mass is 9.77. The van der Waals surface area contributed by atoms with Gasteiger partial charge in [-0.25, -0.2) is 4.79 Å². The van der Waals surface area contributed by atoms with E-state index in [2.05, 4.69) is 0 Å². The van der Waals surface area contributed by atoms with E-state index in [9.17, 15) is 39.0 Å². The van der Waals surface area contributed by atoms with Gasteiger partial charge in [0.25, 0.3) is 6.29 Å². The summed E-state index contributed by atoms with van der Waals surface area (Å²) in [6.45, 7) is 14.2. The molecule has 2 aliphatic rings. The highest BCUT2D eigenvalue weighted by atomic mass is 16.7. The summed E-state index contributed by atoms with van der Waals surface area (Å²) in [7, 11) is 0. The highest BCUT2D eigenvalue weighted by Crippen LogP contribution is 2.53. The summed E-state index contributed by atoms with van der Waals surface area (Å²) in [6.07, 6.45) is -4.34. The van der Waals surface area contributed by atoms with Gasteiger partial charge in [0.05, 0.1) is 12.7 Å². The average Bonchev–Trinajstić information content (AvgIpc) is 3.14. The topological polar surface area (TPSA) is 207 Å². The molecule has 1 heterocycles. The Kier molecular flexibility index (Phi) is 14.2. The lowest BCUT2D eigenvalue weighted by Gasteiger charge is -2.44. The number of esters is 6. The molecule has 1 aliphatic carbocycles. The van der Waals surface area contributed by atoms with Crippen LogP contribution in [0.15, 0.2) is 11.8 Å². The Bertz CT molecular complexity index is 1270. The fourth-order valence-corrected chi connectivity index (χ4v) is 5.84. The van der Waals surface area contributed by atoms with Crippen molar-refractivity contribution < 1.29 is 72.1 Å². The molecule has 2 N–H and O–H groups in total. The zero-order valence-electron chi connectivity index (χ0n) is 30.1. The van der Waals surface area contributed by atoms with E-state index in [1.807, 2.05) is 13.8 Å². The summed E-state index contributed by atoms with van der Waals surface area (Å²) in [4.78, 5) is 74.8. The van der Waals surface area contributed by atoms with Crippen LogP contribution in [0.1, 0.15) is 94.9 Å². The number of rotatable bonds is 16. The summed E-state index contributed by atoms with van der Waals surface area (Å²) in [5, 5.41) is 24.4. The minimum Gasteiger partial charge on any atom is -0.462 e. The lowest BCUT2D eigenvalue weighted by Crippen LogP contribution is -2.59. The molecular formula is C34H52O15. The third kappa shape index (κ3) is 11.4. The lowest BCUT2D eigenvalue weighted by molar-refractivity contribution is -0.241. The van der Waals surface area contributed by atoms with Crippen molar-refractivity contribution in [3.8, 4) is 0 Å². The molecule has 49 heavy (non-hydrogen) atoms. The van der Waals surface area contributed by atoms with Gasteiger partial charge in [0.15, 0.2) is 0 Å². The van der Waals surface area contributed by atoms with Crippen molar-refractivity contribution in [3.05, 3.63) is 11.8 Å². The van der Waals surface area contributed by atoms with Gasteiger partial charge in [0.1, 0.15) is 42.0 Å². The predicted molar refractivity (Wildman–Crippen MR) is 169 cm³/mol. The number of carbonyl (C=O) groups excluding carboxylic acids is 6. The molecule has 0 radical (unpaired) electrons. The van der Waals surface area contributed by atoms with Gasteiger partial charge in [-0.2, -0.15) is 0 Å². The molecule has 0 unspecified atom stereocenters. The molecule has 6 atom stereocenters. The summed E-state index contributed by atoms with van der Waals surface area (Å²) >= 11 is 0. The first-order valence-corrected chi connectivity index (χ1v) is 16.4. The van der Waals surface area contributed by atoms with E-state index in [4.69, 9.17) is 33.2 Å². The van der Waals surface area contributed by atoms with Gasteiger partial charge >= 0.3 is 35.8 Å². The molecule has 0 aromatic rings. The highest BCUT2D eigenvalue weighted by Gasteiger charge is 2.70.